The molecule has 0 aromatic heterocycles. The van der Waals surface area contributed by atoms with Crippen LogP contribution in [0.15, 0.2) is 78.4 Å². The van der Waals surface area contributed by atoms with Gasteiger partial charge in [0.2, 0.25) is 5.91 Å². The highest BCUT2D eigenvalue weighted by atomic mass is 16.2. The predicted octanol–water partition coefficient (Wildman–Crippen LogP) is 5.46. The van der Waals surface area contributed by atoms with Crippen LogP contribution in [0, 0.1) is 20.8 Å². The van der Waals surface area contributed by atoms with E-state index in [1.807, 2.05) is 107 Å². The van der Waals surface area contributed by atoms with Crippen molar-refractivity contribution in [3.8, 4) is 0 Å². The van der Waals surface area contributed by atoms with Gasteiger partial charge in [-0.3, -0.25) is 14.5 Å². The summed E-state index contributed by atoms with van der Waals surface area (Å²) >= 11 is 0. The number of piperazine rings is 1. The van der Waals surface area contributed by atoms with Gasteiger partial charge in [-0.1, -0.05) is 66.2 Å². The van der Waals surface area contributed by atoms with Crippen molar-refractivity contribution in [3.05, 3.63) is 101 Å². The zero-order chi connectivity index (χ0) is 22.8. The van der Waals surface area contributed by atoms with Gasteiger partial charge in [0.05, 0.1) is 0 Å². The normalized spacial score (nSPS) is 17.1. The van der Waals surface area contributed by atoms with Gasteiger partial charge in [-0.05, 0) is 68.2 Å². The molecule has 4 rings (SSSR count). The van der Waals surface area contributed by atoms with Crippen molar-refractivity contribution in [1.29, 1.82) is 0 Å². The summed E-state index contributed by atoms with van der Waals surface area (Å²) in [6.45, 7) is 7.97. The minimum absolute atomic E-state index is 0.0200. The van der Waals surface area contributed by atoms with E-state index in [2.05, 4.69) is 0 Å². The molecule has 0 aliphatic carbocycles. The Kier molecular flexibility index (Phi) is 5.95. The van der Waals surface area contributed by atoms with Crippen LogP contribution in [0.5, 0.6) is 0 Å². The van der Waals surface area contributed by atoms with Gasteiger partial charge in [0.1, 0.15) is 12.6 Å². The number of rotatable bonds is 4. The molecule has 2 amide bonds. The summed E-state index contributed by atoms with van der Waals surface area (Å²) in [5, 5.41) is 0. The van der Waals surface area contributed by atoms with Gasteiger partial charge in [0.25, 0.3) is 5.91 Å². The molecule has 162 valence electrons. The van der Waals surface area contributed by atoms with Crippen LogP contribution in [0.4, 0.5) is 11.4 Å². The first-order valence-corrected chi connectivity index (χ1v) is 10.9. The van der Waals surface area contributed by atoms with Gasteiger partial charge >= 0.3 is 0 Å². The Morgan fingerprint density at radius 1 is 0.875 bits per heavy atom. The number of hydrogen-bond donors (Lipinski definition) is 0. The fourth-order valence-corrected chi connectivity index (χ4v) is 4.21. The Labute approximate surface area is 189 Å². The Hall–Kier alpha value is -3.66. The van der Waals surface area contributed by atoms with Crippen molar-refractivity contribution in [2.24, 2.45) is 0 Å². The fourth-order valence-electron chi connectivity index (χ4n) is 4.21. The zero-order valence-electron chi connectivity index (χ0n) is 19.0. The van der Waals surface area contributed by atoms with E-state index >= 15 is 0 Å². The molecule has 4 nitrogen and oxygen atoms in total. The highest BCUT2D eigenvalue weighted by Gasteiger charge is 2.42. The summed E-state index contributed by atoms with van der Waals surface area (Å²) < 4.78 is 0. The van der Waals surface area contributed by atoms with Gasteiger partial charge in [0.15, 0.2) is 0 Å². The highest BCUT2D eigenvalue weighted by Crippen LogP contribution is 2.32. The summed E-state index contributed by atoms with van der Waals surface area (Å²) in [6, 6.07) is 22.8. The summed E-state index contributed by atoms with van der Waals surface area (Å²) in [5.74, 6) is -0.191. The summed E-state index contributed by atoms with van der Waals surface area (Å²) in [4.78, 5) is 30.7. The minimum atomic E-state index is -0.709. The Balaban J connectivity index is 1.82. The number of hydrogen-bond acceptors (Lipinski definition) is 2. The highest BCUT2D eigenvalue weighted by molar-refractivity contribution is 6.16. The van der Waals surface area contributed by atoms with Gasteiger partial charge < -0.3 is 4.90 Å². The Morgan fingerprint density at radius 3 is 2.25 bits per heavy atom. The molecule has 1 aliphatic heterocycles. The lowest BCUT2D eigenvalue weighted by Gasteiger charge is -2.41. The molecule has 0 unspecified atom stereocenters. The van der Waals surface area contributed by atoms with Crippen molar-refractivity contribution in [3.63, 3.8) is 0 Å². The molecule has 0 saturated carbocycles. The van der Waals surface area contributed by atoms with Crippen LogP contribution in [0.3, 0.4) is 0 Å². The first-order valence-electron chi connectivity index (χ1n) is 10.9. The molecule has 0 radical (unpaired) electrons. The van der Waals surface area contributed by atoms with E-state index in [1.54, 1.807) is 9.80 Å². The molecule has 1 fully saturated rings. The van der Waals surface area contributed by atoms with E-state index in [1.165, 1.54) is 0 Å². The molecule has 4 heteroatoms. The van der Waals surface area contributed by atoms with Crippen LogP contribution in [0.1, 0.15) is 29.2 Å². The van der Waals surface area contributed by atoms with Crippen molar-refractivity contribution in [2.45, 2.75) is 33.7 Å². The van der Waals surface area contributed by atoms with E-state index in [9.17, 15) is 9.59 Å². The number of benzene rings is 3. The number of amides is 2. The first-order chi connectivity index (χ1) is 15.4. The number of anilines is 2. The van der Waals surface area contributed by atoms with Crippen LogP contribution in [0.2, 0.25) is 0 Å². The second-order valence-electron chi connectivity index (χ2n) is 8.44. The molecule has 32 heavy (non-hydrogen) atoms. The van der Waals surface area contributed by atoms with Crippen molar-refractivity contribution < 1.29 is 9.59 Å². The second kappa shape index (κ2) is 8.83. The fraction of sp³-hybridized carbons (Fsp3) is 0.214. The van der Waals surface area contributed by atoms with E-state index < -0.39 is 6.04 Å². The molecule has 3 aromatic carbocycles. The lowest BCUT2D eigenvalue weighted by molar-refractivity contribution is -0.127. The molecule has 0 N–H and O–H groups in total. The van der Waals surface area contributed by atoms with Crippen molar-refractivity contribution in [2.75, 3.05) is 16.3 Å². The molecule has 1 aliphatic rings. The zero-order valence-corrected chi connectivity index (χ0v) is 19.0. The van der Waals surface area contributed by atoms with Gasteiger partial charge in [-0.2, -0.15) is 0 Å². The Bertz CT molecular complexity index is 1180. The molecular formula is C28H28N2O2. The van der Waals surface area contributed by atoms with Crippen molar-refractivity contribution in [1.82, 2.24) is 0 Å². The maximum atomic E-state index is 13.9. The maximum absolute atomic E-state index is 13.9. The van der Waals surface area contributed by atoms with Gasteiger partial charge in [-0.25, -0.2) is 0 Å². The van der Waals surface area contributed by atoms with E-state index in [-0.39, 0.29) is 18.4 Å². The third kappa shape index (κ3) is 4.09. The maximum Gasteiger partial charge on any atom is 0.254 e. The van der Waals surface area contributed by atoms with Crippen LogP contribution in [-0.4, -0.2) is 24.4 Å². The third-order valence-corrected chi connectivity index (χ3v) is 6.12. The molecule has 3 aromatic rings. The SMILES string of the molecule is C/C(=C\c1ccccc1)[C@H]1C(=O)N(c2cccc(C)c2C)CC(=O)N1c1ccc(C)cc1. The second-order valence-corrected chi connectivity index (χ2v) is 8.44. The number of carbonyl (C=O) groups excluding carboxylic acids is 2. The van der Waals surface area contributed by atoms with Crippen LogP contribution >= 0.6 is 0 Å². The quantitative estimate of drug-likeness (QED) is 0.558. The van der Waals surface area contributed by atoms with Crippen molar-refractivity contribution >= 4 is 29.3 Å². The molecule has 1 atom stereocenters. The van der Waals surface area contributed by atoms with Crippen LogP contribution in [-0.2, 0) is 9.59 Å². The first kappa shape index (κ1) is 21.6. The summed E-state index contributed by atoms with van der Waals surface area (Å²) in [5.41, 5.74) is 6.57. The number of aryl methyl sites for hydroxylation is 2. The largest absolute Gasteiger partial charge is 0.301 e. The monoisotopic (exact) mass is 424 g/mol. The Morgan fingerprint density at radius 2 is 1.56 bits per heavy atom. The van der Waals surface area contributed by atoms with Crippen LogP contribution < -0.4 is 9.80 Å². The summed E-state index contributed by atoms with van der Waals surface area (Å²) in [6.07, 6.45) is 1.99. The molecule has 0 bridgehead atoms. The number of nitrogens with zero attached hydrogens (tertiary/aromatic N) is 2. The van der Waals surface area contributed by atoms with Gasteiger partial charge in [0, 0.05) is 11.4 Å². The molecule has 1 heterocycles. The molecule has 1 saturated heterocycles. The van der Waals surface area contributed by atoms with E-state index in [0.29, 0.717) is 0 Å². The molecule has 0 spiro atoms. The van der Waals surface area contributed by atoms with Gasteiger partial charge in [-0.15, -0.1) is 0 Å². The smallest absolute Gasteiger partial charge is 0.254 e. The standard InChI is InChI=1S/C28H28N2O2/c1-19-13-15-24(16-14-19)30-26(31)18-29(25-12-8-9-20(2)22(25)4)28(32)27(30)21(3)17-23-10-6-5-7-11-23/h5-17,27H,18H2,1-4H3/b21-17+/t27-/m0/s1. The predicted molar refractivity (Wildman–Crippen MR) is 131 cm³/mol. The van der Waals surface area contributed by atoms with E-state index in [4.69, 9.17) is 0 Å². The third-order valence-electron chi connectivity index (χ3n) is 6.12. The topological polar surface area (TPSA) is 40.6 Å². The lowest BCUT2D eigenvalue weighted by Crippen LogP contribution is -2.61. The minimum Gasteiger partial charge on any atom is -0.301 e. The molecular weight excluding hydrogens is 396 g/mol. The van der Waals surface area contributed by atoms with E-state index in [0.717, 1.165) is 39.2 Å². The average molecular weight is 425 g/mol. The lowest BCUT2D eigenvalue weighted by atomic mass is 9.97. The number of carbonyl (C=O) groups is 2. The van der Waals surface area contributed by atoms with Crippen LogP contribution in [0.25, 0.3) is 6.08 Å². The average Bonchev–Trinajstić information content (AvgIpc) is 2.78. The summed E-state index contributed by atoms with van der Waals surface area (Å²) in [7, 11) is 0.